The Morgan fingerprint density at radius 2 is 2.14 bits per heavy atom. The third-order valence-corrected chi connectivity index (χ3v) is 5.23. The molecule has 3 aromatic rings. The highest BCUT2D eigenvalue weighted by atomic mass is 32.1. The molecule has 1 amide bonds. The van der Waals surface area contributed by atoms with Crippen LogP contribution >= 0.6 is 11.3 Å². The molecule has 9 heteroatoms. The minimum absolute atomic E-state index is 0.0779. The van der Waals surface area contributed by atoms with Gasteiger partial charge >= 0.3 is 0 Å². The Bertz CT molecular complexity index is 956. The highest BCUT2D eigenvalue weighted by Crippen LogP contribution is 2.31. The van der Waals surface area contributed by atoms with Crippen molar-refractivity contribution in [3.8, 4) is 0 Å². The van der Waals surface area contributed by atoms with Gasteiger partial charge in [-0.25, -0.2) is 9.97 Å². The molecule has 1 saturated heterocycles. The first-order valence-electron chi connectivity index (χ1n) is 9.22. The van der Waals surface area contributed by atoms with Crippen LogP contribution in [0.2, 0.25) is 0 Å². The summed E-state index contributed by atoms with van der Waals surface area (Å²) in [7, 11) is 0. The second kappa shape index (κ2) is 8.49. The van der Waals surface area contributed by atoms with Gasteiger partial charge in [0.25, 0.3) is 5.91 Å². The molecule has 1 fully saturated rings. The van der Waals surface area contributed by atoms with Gasteiger partial charge < -0.3 is 21.1 Å². The smallest absolute Gasteiger partial charge is 0.274 e. The van der Waals surface area contributed by atoms with Crippen LogP contribution in [0.5, 0.6) is 0 Å². The van der Waals surface area contributed by atoms with Crippen LogP contribution in [0.4, 0.5) is 10.9 Å². The van der Waals surface area contributed by atoms with Crippen LogP contribution in [0, 0.1) is 0 Å². The molecule has 0 spiro atoms. The van der Waals surface area contributed by atoms with Crippen molar-refractivity contribution in [1.82, 2.24) is 19.9 Å². The number of carbonyl (C=O) groups is 1. The zero-order chi connectivity index (χ0) is 20.3. The van der Waals surface area contributed by atoms with E-state index in [0.717, 1.165) is 5.56 Å². The summed E-state index contributed by atoms with van der Waals surface area (Å²) < 4.78 is 0.661. The van der Waals surface area contributed by atoms with Gasteiger partial charge in [0.1, 0.15) is 0 Å². The molecule has 3 aromatic heterocycles. The van der Waals surface area contributed by atoms with Crippen molar-refractivity contribution in [1.29, 1.82) is 0 Å². The first kappa shape index (κ1) is 20.0. The lowest BCUT2D eigenvalue weighted by atomic mass is 10.1. The van der Waals surface area contributed by atoms with Crippen molar-refractivity contribution in [2.45, 2.75) is 32.9 Å². The van der Waals surface area contributed by atoms with E-state index in [1.54, 1.807) is 23.4 Å². The molecular weight excluding hydrogens is 376 g/mol. The first-order valence-corrected chi connectivity index (χ1v) is 10.0. The fourth-order valence-corrected chi connectivity index (χ4v) is 3.68. The van der Waals surface area contributed by atoms with Crippen molar-refractivity contribution >= 4 is 38.4 Å². The minimum Gasteiger partial charge on any atom is -0.391 e. The summed E-state index contributed by atoms with van der Waals surface area (Å²) in [4.78, 5) is 27.4. The number of aromatic nitrogens is 3. The molecule has 0 aromatic carbocycles. The van der Waals surface area contributed by atoms with E-state index < -0.39 is 6.10 Å². The van der Waals surface area contributed by atoms with Crippen LogP contribution in [0.15, 0.2) is 30.6 Å². The van der Waals surface area contributed by atoms with Gasteiger partial charge in [-0.15, -0.1) is 11.3 Å². The van der Waals surface area contributed by atoms with Gasteiger partial charge in [-0.2, -0.15) is 0 Å². The van der Waals surface area contributed by atoms with E-state index in [-0.39, 0.29) is 11.9 Å². The maximum Gasteiger partial charge on any atom is 0.274 e. The molecule has 0 bridgehead atoms. The molecule has 0 saturated carbocycles. The fourth-order valence-electron chi connectivity index (χ4n) is 2.84. The lowest BCUT2D eigenvalue weighted by Crippen LogP contribution is -2.53. The van der Waals surface area contributed by atoms with Crippen LogP contribution in [-0.4, -0.2) is 50.1 Å². The van der Waals surface area contributed by atoms with Crippen molar-refractivity contribution in [2.75, 3.05) is 24.1 Å². The van der Waals surface area contributed by atoms with Gasteiger partial charge in [-0.05, 0) is 24.6 Å². The minimum atomic E-state index is -0.465. The summed E-state index contributed by atoms with van der Waals surface area (Å²) >= 11 is 1.29. The molecule has 4 N–H and O–H groups in total. The van der Waals surface area contributed by atoms with Crippen molar-refractivity contribution < 1.29 is 9.90 Å². The molecule has 0 radical (unpaired) electrons. The largest absolute Gasteiger partial charge is 0.391 e. The molecule has 28 heavy (non-hydrogen) atoms. The number of anilines is 2. The Kier molecular flexibility index (Phi) is 6.05. The second-order valence-corrected chi connectivity index (χ2v) is 7.36. The van der Waals surface area contributed by atoms with E-state index in [9.17, 15) is 9.90 Å². The monoisotopic (exact) mass is 400 g/mol. The van der Waals surface area contributed by atoms with Gasteiger partial charge in [-0.1, -0.05) is 19.9 Å². The zero-order valence-electron chi connectivity index (χ0n) is 16.1. The number of nitrogens with two attached hydrogens (primary N) is 1. The first-order chi connectivity index (χ1) is 13.5. The number of likely N-dealkylation sites (tertiary alicyclic amines) is 1. The quantitative estimate of drug-likeness (QED) is 0.616. The highest BCUT2D eigenvalue weighted by molar-refractivity contribution is 7.22. The normalized spacial score (nSPS) is 14.8. The third-order valence-electron chi connectivity index (χ3n) is 4.27. The Hall–Kier alpha value is -2.78. The maximum absolute atomic E-state index is 12.8. The molecule has 1 unspecified atom stereocenters. The summed E-state index contributed by atoms with van der Waals surface area (Å²) in [5, 5.41) is 13.3. The SMILES string of the molecule is CC.CC(Nc1nc(C(=O)N2CC(O)C2)c2sc(N)cc2n1)c1cccnc1. The Balaban J connectivity index is 0.00000109. The van der Waals surface area contributed by atoms with Gasteiger partial charge in [0, 0.05) is 25.5 Å². The number of aliphatic hydroxyl groups excluding tert-OH is 1. The van der Waals surface area contributed by atoms with E-state index in [1.807, 2.05) is 32.9 Å². The molecule has 1 aliphatic heterocycles. The van der Waals surface area contributed by atoms with Crippen LogP contribution in [0.25, 0.3) is 10.2 Å². The third kappa shape index (κ3) is 4.05. The van der Waals surface area contributed by atoms with Gasteiger partial charge in [-0.3, -0.25) is 9.78 Å². The highest BCUT2D eigenvalue weighted by Gasteiger charge is 2.32. The van der Waals surface area contributed by atoms with Crippen LogP contribution in [0.1, 0.15) is 42.9 Å². The van der Waals surface area contributed by atoms with Crippen LogP contribution < -0.4 is 11.1 Å². The number of nitrogen functional groups attached to an aromatic ring is 1. The van der Waals surface area contributed by atoms with E-state index in [2.05, 4.69) is 20.3 Å². The van der Waals surface area contributed by atoms with Crippen molar-refractivity contribution in [3.05, 3.63) is 41.9 Å². The van der Waals surface area contributed by atoms with E-state index in [0.29, 0.717) is 39.9 Å². The van der Waals surface area contributed by atoms with Crippen molar-refractivity contribution in [3.63, 3.8) is 0 Å². The number of aliphatic hydroxyl groups is 1. The number of pyridine rings is 1. The molecule has 4 rings (SSSR count). The molecule has 1 aliphatic rings. The summed E-state index contributed by atoms with van der Waals surface area (Å²) in [5.41, 5.74) is 7.83. The standard InChI is InChI=1S/C17H18N6O2S.C2H6/c1-9(10-3-2-4-19-6-10)20-17-21-12-5-13(18)26-15(12)14(22-17)16(25)23-7-11(24)8-23;1-2/h2-6,9,11,24H,7-8,18H2,1H3,(H,20,21,22);1-2H3. The summed E-state index contributed by atoms with van der Waals surface area (Å²) in [6.07, 6.45) is 3.02. The number of β-amino-alcohol motifs (C(OH)–C–C–N with tert-alkyl or cyclic N) is 1. The Labute approximate surface area is 167 Å². The van der Waals surface area contributed by atoms with Gasteiger partial charge in [0.05, 0.1) is 27.4 Å². The summed E-state index contributed by atoms with van der Waals surface area (Å²) in [5.74, 6) is 0.137. The lowest BCUT2D eigenvalue weighted by molar-refractivity contribution is 0.00567. The summed E-state index contributed by atoms with van der Waals surface area (Å²) in [6, 6.07) is 5.48. The maximum atomic E-state index is 12.8. The molecule has 8 nitrogen and oxygen atoms in total. The average Bonchev–Trinajstić information content (AvgIpc) is 3.06. The van der Waals surface area contributed by atoms with Crippen molar-refractivity contribution in [2.24, 2.45) is 0 Å². The predicted molar refractivity (Wildman–Crippen MR) is 111 cm³/mol. The second-order valence-electron chi connectivity index (χ2n) is 6.28. The van der Waals surface area contributed by atoms with E-state index >= 15 is 0 Å². The Morgan fingerprint density at radius 1 is 1.39 bits per heavy atom. The number of nitrogens with zero attached hydrogens (tertiary/aromatic N) is 4. The lowest BCUT2D eigenvalue weighted by Gasteiger charge is -2.35. The number of rotatable bonds is 4. The zero-order valence-corrected chi connectivity index (χ0v) is 16.9. The predicted octanol–water partition coefficient (Wildman–Crippen LogP) is 2.68. The number of amides is 1. The number of hydrogen-bond acceptors (Lipinski definition) is 8. The number of nitrogens with one attached hydrogen (secondary N) is 1. The topological polar surface area (TPSA) is 117 Å². The number of carbonyl (C=O) groups excluding carboxylic acids is 1. The number of thiophene rings is 1. The average molecular weight is 401 g/mol. The number of fused-ring (bicyclic) bond motifs is 1. The van der Waals surface area contributed by atoms with Crippen LogP contribution in [0.3, 0.4) is 0 Å². The molecule has 4 heterocycles. The fraction of sp³-hybridized carbons (Fsp3) is 0.368. The molecule has 0 aliphatic carbocycles. The van der Waals surface area contributed by atoms with E-state index in [4.69, 9.17) is 5.73 Å². The number of hydrogen-bond donors (Lipinski definition) is 3. The van der Waals surface area contributed by atoms with Crippen LogP contribution in [-0.2, 0) is 0 Å². The molecule has 1 atom stereocenters. The van der Waals surface area contributed by atoms with E-state index in [1.165, 1.54) is 11.3 Å². The molecular formula is C19H24N6O2S. The van der Waals surface area contributed by atoms with Gasteiger partial charge in [0.2, 0.25) is 5.95 Å². The molecule has 148 valence electrons. The van der Waals surface area contributed by atoms with Gasteiger partial charge in [0.15, 0.2) is 5.69 Å². The summed E-state index contributed by atoms with van der Waals surface area (Å²) in [6.45, 7) is 6.61. The Morgan fingerprint density at radius 3 is 2.79 bits per heavy atom.